The largest absolute Gasteiger partial charge is 0.396 e. The molecule has 21 heavy (non-hydrogen) atoms. The van der Waals surface area contributed by atoms with Crippen molar-refractivity contribution in [3.8, 4) is 0 Å². The summed E-state index contributed by atoms with van der Waals surface area (Å²) in [5, 5.41) is 0.450. The lowest BCUT2D eigenvalue weighted by Crippen LogP contribution is -2.31. The Bertz CT molecular complexity index is 946. The summed E-state index contributed by atoms with van der Waals surface area (Å²) in [7, 11) is 0. The predicted molar refractivity (Wildman–Crippen MR) is 82.3 cm³/mol. The molecule has 2 aromatic carbocycles. The smallest absolute Gasteiger partial charge is 0.310 e. The van der Waals surface area contributed by atoms with E-state index in [4.69, 9.17) is 5.73 Å². The lowest BCUT2D eigenvalue weighted by molar-refractivity contribution is 0.599. The molecule has 1 heterocycles. The van der Waals surface area contributed by atoms with Gasteiger partial charge in [0.1, 0.15) is 0 Å². The van der Waals surface area contributed by atoms with E-state index in [1.165, 1.54) is 12.1 Å². The summed E-state index contributed by atoms with van der Waals surface area (Å²) >= 11 is 0.966. The van der Waals surface area contributed by atoms with Crippen molar-refractivity contribution in [2.75, 3.05) is 5.73 Å². The topological polar surface area (TPSA) is 65.1 Å². The van der Waals surface area contributed by atoms with Crippen molar-refractivity contribution in [1.29, 1.82) is 0 Å². The minimum absolute atomic E-state index is 0.00235. The number of hydrogen-bond donors (Lipinski definition) is 1. The second-order valence-corrected chi connectivity index (χ2v) is 5.57. The molecule has 0 spiro atoms. The molecule has 0 aliphatic carbocycles. The number of benzene rings is 2. The van der Waals surface area contributed by atoms with E-state index < -0.39 is 16.2 Å². The molecular weight excluding hydrogens is 291 g/mol. The summed E-state index contributed by atoms with van der Waals surface area (Å²) in [6.45, 7) is -0.129. The maximum Gasteiger partial charge on any atom is 0.310 e. The van der Waals surface area contributed by atoms with Gasteiger partial charge in [0.2, 0.25) is 0 Å². The van der Waals surface area contributed by atoms with E-state index in [2.05, 4.69) is 0 Å². The molecular formula is C15H11FN2O2S. The van der Waals surface area contributed by atoms with Gasteiger partial charge in [-0.25, -0.2) is 4.39 Å². The first kappa shape index (κ1) is 13.5. The number of nitrogens with two attached hydrogens (primary N) is 1. The van der Waals surface area contributed by atoms with Gasteiger partial charge in [-0.2, -0.15) is 0 Å². The Morgan fingerprint density at radius 2 is 1.86 bits per heavy atom. The SMILES string of the molecule is Nc1cccc(Cn2c(=O)sc3ccccc3c2=O)c1F. The minimum Gasteiger partial charge on any atom is -0.396 e. The Balaban J connectivity index is 2.20. The van der Waals surface area contributed by atoms with Crippen LogP contribution in [0.2, 0.25) is 0 Å². The zero-order valence-corrected chi connectivity index (χ0v) is 11.7. The quantitative estimate of drug-likeness (QED) is 0.738. The van der Waals surface area contributed by atoms with E-state index in [9.17, 15) is 14.0 Å². The summed E-state index contributed by atoms with van der Waals surface area (Å²) in [6.07, 6.45) is 0. The van der Waals surface area contributed by atoms with Crippen LogP contribution in [0.4, 0.5) is 10.1 Å². The van der Waals surface area contributed by atoms with Crippen molar-refractivity contribution in [3.05, 3.63) is 73.9 Å². The minimum atomic E-state index is -0.595. The van der Waals surface area contributed by atoms with Crippen LogP contribution in [0, 0.1) is 5.82 Å². The zero-order valence-electron chi connectivity index (χ0n) is 10.9. The average molecular weight is 302 g/mol. The first-order valence-corrected chi connectivity index (χ1v) is 7.05. The summed E-state index contributed by atoms with van der Waals surface area (Å²) in [5.41, 5.74) is 5.30. The molecule has 0 atom stereocenters. The van der Waals surface area contributed by atoms with Crippen LogP contribution in [-0.4, -0.2) is 4.57 Å². The van der Waals surface area contributed by atoms with Gasteiger partial charge in [0, 0.05) is 10.3 Å². The third kappa shape index (κ3) is 2.34. The van der Waals surface area contributed by atoms with Gasteiger partial charge < -0.3 is 5.73 Å². The summed E-state index contributed by atoms with van der Waals surface area (Å²) < 4.78 is 15.6. The molecule has 0 unspecified atom stereocenters. The molecule has 6 heteroatoms. The van der Waals surface area contributed by atoms with Crippen molar-refractivity contribution >= 4 is 27.1 Å². The second-order valence-electron chi connectivity index (χ2n) is 4.58. The van der Waals surface area contributed by atoms with Crippen LogP contribution in [0.3, 0.4) is 0 Å². The number of nitrogen functional groups attached to an aromatic ring is 1. The Labute approximate surface area is 122 Å². The van der Waals surface area contributed by atoms with Gasteiger partial charge in [-0.05, 0) is 18.2 Å². The number of rotatable bonds is 2. The van der Waals surface area contributed by atoms with E-state index in [1.54, 1.807) is 30.3 Å². The molecule has 0 bridgehead atoms. The Hall–Kier alpha value is -2.47. The fourth-order valence-corrected chi connectivity index (χ4v) is 3.00. The Morgan fingerprint density at radius 3 is 2.67 bits per heavy atom. The second kappa shape index (κ2) is 5.14. The van der Waals surface area contributed by atoms with Crippen molar-refractivity contribution < 1.29 is 4.39 Å². The van der Waals surface area contributed by atoms with E-state index in [1.807, 2.05) is 0 Å². The van der Waals surface area contributed by atoms with Crippen molar-refractivity contribution in [3.63, 3.8) is 0 Å². The molecule has 0 saturated heterocycles. The molecule has 0 fully saturated rings. The van der Waals surface area contributed by atoms with Gasteiger partial charge in [-0.1, -0.05) is 35.6 Å². The van der Waals surface area contributed by atoms with Gasteiger partial charge in [0.25, 0.3) is 5.56 Å². The highest BCUT2D eigenvalue weighted by Crippen LogP contribution is 2.16. The molecule has 0 amide bonds. The number of halogens is 1. The standard InChI is InChI=1S/C15H11FN2O2S/c16-13-9(4-3-6-11(13)17)8-18-14(19)10-5-1-2-7-12(10)21-15(18)20/h1-7H,8,17H2. The fourth-order valence-electron chi connectivity index (χ4n) is 2.14. The molecule has 3 aromatic rings. The molecule has 3 rings (SSSR count). The number of aromatic nitrogens is 1. The van der Waals surface area contributed by atoms with Crippen LogP contribution in [-0.2, 0) is 6.54 Å². The predicted octanol–water partition coefficient (Wildman–Crippen LogP) is 2.19. The number of anilines is 1. The summed E-state index contributed by atoms with van der Waals surface area (Å²) in [4.78, 5) is 24.0. The third-order valence-electron chi connectivity index (χ3n) is 3.22. The van der Waals surface area contributed by atoms with E-state index in [-0.39, 0.29) is 17.8 Å². The maximum absolute atomic E-state index is 13.9. The van der Waals surface area contributed by atoms with Crippen LogP contribution < -0.4 is 16.2 Å². The summed E-state index contributed by atoms with van der Waals surface area (Å²) in [6, 6.07) is 11.4. The first-order chi connectivity index (χ1) is 10.1. The molecule has 0 radical (unpaired) electrons. The van der Waals surface area contributed by atoms with Crippen LogP contribution in [0.25, 0.3) is 10.1 Å². The van der Waals surface area contributed by atoms with Crippen molar-refractivity contribution in [2.24, 2.45) is 0 Å². The van der Waals surface area contributed by atoms with Gasteiger partial charge in [0.05, 0.1) is 17.6 Å². The first-order valence-electron chi connectivity index (χ1n) is 6.23. The molecule has 2 N–H and O–H groups in total. The highest BCUT2D eigenvalue weighted by atomic mass is 32.1. The molecule has 106 valence electrons. The molecule has 4 nitrogen and oxygen atoms in total. The molecule has 0 saturated carbocycles. The highest BCUT2D eigenvalue weighted by molar-refractivity contribution is 7.16. The monoisotopic (exact) mass is 302 g/mol. The van der Waals surface area contributed by atoms with Crippen molar-refractivity contribution in [1.82, 2.24) is 4.57 Å². The number of hydrogen-bond acceptors (Lipinski definition) is 4. The number of nitrogens with zero attached hydrogens (tertiary/aromatic N) is 1. The number of fused-ring (bicyclic) bond motifs is 1. The summed E-state index contributed by atoms with van der Waals surface area (Å²) in [5.74, 6) is -0.595. The maximum atomic E-state index is 13.9. The van der Waals surface area contributed by atoms with E-state index >= 15 is 0 Å². The molecule has 0 aliphatic rings. The van der Waals surface area contributed by atoms with Crippen LogP contribution in [0.5, 0.6) is 0 Å². The third-order valence-corrected chi connectivity index (χ3v) is 4.19. The van der Waals surface area contributed by atoms with Gasteiger partial charge in [-0.3, -0.25) is 14.2 Å². The lowest BCUT2D eigenvalue weighted by Gasteiger charge is -2.08. The molecule has 1 aromatic heterocycles. The Morgan fingerprint density at radius 1 is 1.10 bits per heavy atom. The normalized spacial score (nSPS) is 10.9. The van der Waals surface area contributed by atoms with Crippen LogP contribution >= 0.6 is 11.3 Å². The Kier molecular flexibility index (Phi) is 3.31. The van der Waals surface area contributed by atoms with E-state index in [0.717, 1.165) is 15.9 Å². The van der Waals surface area contributed by atoms with Crippen LogP contribution in [0.15, 0.2) is 52.1 Å². The van der Waals surface area contributed by atoms with Gasteiger partial charge in [0.15, 0.2) is 5.82 Å². The molecule has 0 aliphatic heterocycles. The zero-order chi connectivity index (χ0) is 15.0. The lowest BCUT2D eigenvalue weighted by atomic mass is 10.2. The van der Waals surface area contributed by atoms with E-state index in [0.29, 0.717) is 10.1 Å². The van der Waals surface area contributed by atoms with Crippen LogP contribution in [0.1, 0.15) is 5.56 Å². The fraction of sp³-hybridized carbons (Fsp3) is 0.0667. The van der Waals surface area contributed by atoms with Gasteiger partial charge >= 0.3 is 4.87 Å². The average Bonchev–Trinajstić information content (AvgIpc) is 2.47. The van der Waals surface area contributed by atoms with Gasteiger partial charge in [-0.15, -0.1) is 0 Å². The highest BCUT2D eigenvalue weighted by Gasteiger charge is 2.11. The van der Waals surface area contributed by atoms with Crippen molar-refractivity contribution in [2.45, 2.75) is 6.54 Å².